The third kappa shape index (κ3) is 3.08. The van der Waals surface area contributed by atoms with E-state index in [1.807, 2.05) is 13.8 Å². The smallest absolute Gasteiger partial charge is 0.333 e. The van der Waals surface area contributed by atoms with Crippen LogP contribution in [-0.4, -0.2) is 22.9 Å². The van der Waals surface area contributed by atoms with Crippen molar-refractivity contribution in [2.75, 3.05) is 0 Å². The lowest BCUT2D eigenvalue weighted by atomic mass is 10.1. The van der Waals surface area contributed by atoms with E-state index in [0.717, 1.165) is 25.0 Å². The summed E-state index contributed by atoms with van der Waals surface area (Å²) in [4.78, 5) is 14.0. The molecular formula is C14H16F3NO. The van der Waals surface area contributed by atoms with Gasteiger partial charge in [0.25, 0.3) is 5.91 Å². The normalized spacial score (nSPS) is 15.7. The zero-order chi connectivity index (χ0) is 14.2. The van der Waals surface area contributed by atoms with Crippen molar-refractivity contribution in [1.29, 1.82) is 0 Å². The first-order chi connectivity index (χ1) is 8.80. The second kappa shape index (κ2) is 4.87. The molecule has 0 saturated heterocycles. The van der Waals surface area contributed by atoms with Gasteiger partial charge in [0.2, 0.25) is 0 Å². The third-order valence-corrected chi connectivity index (χ3v) is 3.17. The van der Waals surface area contributed by atoms with Crippen LogP contribution in [0.5, 0.6) is 0 Å². The number of hydrogen-bond donors (Lipinski definition) is 0. The van der Waals surface area contributed by atoms with Crippen LogP contribution in [0, 0.1) is 0 Å². The first kappa shape index (κ1) is 13.9. The fourth-order valence-corrected chi connectivity index (χ4v) is 2.15. The summed E-state index contributed by atoms with van der Waals surface area (Å²) in [6.07, 6.45) is -2.55. The average molecular weight is 271 g/mol. The Hall–Kier alpha value is -1.52. The molecule has 1 amide bonds. The van der Waals surface area contributed by atoms with Crippen LogP contribution >= 0.6 is 0 Å². The van der Waals surface area contributed by atoms with Gasteiger partial charge in [0.05, 0.1) is 5.56 Å². The molecule has 1 saturated carbocycles. The van der Waals surface area contributed by atoms with E-state index in [2.05, 4.69) is 0 Å². The number of nitrogens with zero attached hydrogens (tertiary/aromatic N) is 1. The van der Waals surface area contributed by atoms with Crippen molar-refractivity contribution < 1.29 is 18.0 Å². The highest BCUT2D eigenvalue weighted by Gasteiger charge is 2.36. The Morgan fingerprint density at radius 1 is 1.32 bits per heavy atom. The molecule has 0 heterocycles. The van der Waals surface area contributed by atoms with Crippen LogP contribution in [0.15, 0.2) is 24.3 Å². The van der Waals surface area contributed by atoms with E-state index in [9.17, 15) is 18.0 Å². The predicted molar refractivity (Wildman–Crippen MR) is 65.8 cm³/mol. The topological polar surface area (TPSA) is 20.3 Å². The number of amides is 1. The highest BCUT2D eigenvalue weighted by Crippen LogP contribution is 2.32. The van der Waals surface area contributed by atoms with E-state index in [4.69, 9.17) is 0 Å². The molecule has 0 aliphatic heterocycles. The van der Waals surface area contributed by atoms with Crippen molar-refractivity contribution in [3.8, 4) is 0 Å². The van der Waals surface area contributed by atoms with Crippen LogP contribution < -0.4 is 0 Å². The molecule has 2 nitrogen and oxygen atoms in total. The maximum absolute atomic E-state index is 12.6. The molecule has 0 N–H and O–H groups in total. The molecule has 1 aliphatic carbocycles. The first-order valence-corrected chi connectivity index (χ1v) is 6.30. The van der Waals surface area contributed by atoms with Gasteiger partial charge in [0.15, 0.2) is 0 Å². The molecule has 2 rings (SSSR count). The Morgan fingerprint density at radius 2 is 1.95 bits per heavy atom. The fourth-order valence-electron chi connectivity index (χ4n) is 2.15. The van der Waals surface area contributed by atoms with Crippen LogP contribution in [0.4, 0.5) is 13.2 Å². The van der Waals surface area contributed by atoms with E-state index in [1.54, 1.807) is 4.90 Å². The van der Waals surface area contributed by atoms with Gasteiger partial charge in [0, 0.05) is 17.6 Å². The number of alkyl halides is 3. The molecule has 1 aromatic carbocycles. The number of carbonyl (C=O) groups excluding carboxylic acids is 1. The van der Waals surface area contributed by atoms with Gasteiger partial charge in [-0.2, -0.15) is 13.2 Å². The van der Waals surface area contributed by atoms with E-state index in [-0.39, 0.29) is 23.6 Å². The Morgan fingerprint density at radius 3 is 2.42 bits per heavy atom. The molecule has 19 heavy (non-hydrogen) atoms. The second-order valence-corrected chi connectivity index (χ2v) is 5.12. The summed E-state index contributed by atoms with van der Waals surface area (Å²) in [5.74, 6) is -0.316. The summed E-state index contributed by atoms with van der Waals surface area (Å²) in [5, 5.41) is 0. The van der Waals surface area contributed by atoms with Crippen LogP contribution in [0.1, 0.15) is 42.6 Å². The number of halogens is 3. The van der Waals surface area contributed by atoms with Crippen LogP contribution in [-0.2, 0) is 6.18 Å². The van der Waals surface area contributed by atoms with E-state index >= 15 is 0 Å². The Balaban J connectivity index is 2.28. The summed E-state index contributed by atoms with van der Waals surface area (Å²) in [5.41, 5.74) is -0.673. The van der Waals surface area contributed by atoms with Crippen LogP contribution in [0.25, 0.3) is 0 Å². The lowest BCUT2D eigenvalue weighted by molar-refractivity contribution is -0.137. The Bertz CT molecular complexity index is 476. The van der Waals surface area contributed by atoms with Crippen molar-refractivity contribution in [1.82, 2.24) is 4.90 Å². The summed E-state index contributed by atoms with van der Waals surface area (Å²) >= 11 is 0. The molecule has 0 atom stereocenters. The zero-order valence-electron chi connectivity index (χ0n) is 10.9. The monoisotopic (exact) mass is 271 g/mol. The van der Waals surface area contributed by atoms with Crippen molar-refractivity contribution in [3.63, 3.8) is 0 Å². The minimum absolute atomic E-state index is 0.00505. The minimum Gasteiger partial charge on any atom is -0.333 e. The van der Waals surface area contributed by atoms with Crippen molar-refractivity contribution in [3.05, 3.63) is 35.4 Å². The maximum atomic E-state index is 12.6. The van der Waals surface area contributed by atoms with Gasteiger partial charge >= 0.3 is 6.18 Å². The predicted octanol–water partition coefficient (Wildman–Crippen LogP) is 3.72. The molecule has 0 spiro atoms. The number of hydrogen-bond acceptors (Lipinski definition) is 1. The minimum atomic E-state index is -4.42. The van der Waals surface area contributed by atoms with Gasteiger partial charge in [-0.25, -0.2) is 0 Å². The summed E-state index contributed by atoms with van der Waals surface area (Å²) in [6.45, 7) is 3.76. The molecule has 0 unspecified atom stereocenters. The second-order valence-electron chi connectivity index (χ2n) is 5.12. The van der Waals surface area contributed by atoms with E-state index in [0.29, 0.717) is 0 Å². The van der Waals surface area contributed by atoms with Crippen LogP contribution in [0.2, 0.25) is 0 Å². The Kier molecular flexibility index (Phi) is 3.56. The Labute approximate surface area is 110 Å². The molecule has 1 aromatic rings. The molecule has 1 fully saturated rings. The van der Waals surface area contributed by atoms with Gasteiger partial charge in [-0.05, 0) is 44.9 Å². The lowest BCUT2D eigenvalue weighted by Gasteiger charge is -2.27. The zero-order valence-corrected chi connectivity index (χ0v) is 10.9. The van der Waals surface area contributed by atoms with Crippen molar-refractivity contribution in [2.24, 2.45) is 0 Å². The molecular weight excluding hydrogens is 255 g/mol. The van der Waals surface area contributed by atoms with Crippen molar-refractivity contribution in [2.45, 2.75) is 44.9 Å². The number of carbonyl (C=O) groups is 1. The third-order valence-electron chi connectivity index (χ3n) is 3.17. The summed E-state index contributed by atoms with van der Waals surface area (Å²) < 4.78 is 37.9. The highest BCUT2D eigenvalue weighted by atomic mass is 19.4. The van der Waals surface area contributed by atoms with Gasteiger partial charge in [-0.1, -0.05) is 6.07 Å². The largest absolute Gasteiger partial charge is 0.416 e. The number of benzene rings is 1. The van der Waals surface area contributed by atoms with Gasteiger partial charge in [0.1, 0.15) is 0 Å². The molecule has 104 valence electrons. The highest BCUT2D eigenvalue weighted by molar-refractivity contribution is 5.95. The molecule has 1 aliphatic rings. The quantitative estimate of drug-likeness (QED) is 0.820. The molecule has 0 bridgehead atoms. The average Bonchev–Trinajstić information content (AvgIpc) is 3.12. The van der Waals surface area contributed by atoms with Gasteiger partial charge in [-0.3, -0.25) is 4.79 Å². The fraction of sp³-hybridized carbons (Fsp3) is 0.500. The molecule has 5 heteroatoms. The summed E-state index contributed by atoms with van der Waals surface area (Å²) in [6, 6.07) is 4.81. The molecule has 0 aromatic heterocycles. The maximum Gasteiger partial charge on any atom is 0.416 e. The SMILES string of the molecule is CC(C)N(C(=O)c1cccc(C(F)(F)F)c1)C1CC1. The van der Waals surface area contributed by atoms with Crippen LogP contribution in [0.3, 0.4) is 0 Å². The number of rotatable bonds is 3. The lowest BCUT2D eigenvalue weighted by Crippen LogP contribution is -2.38. The molecule has 0 radical (unpaired) electrons. The van der Waals surface area contributed by atoms with Crippen molar-refractivity contribution >= 4 is 5.91 Å². The first-order valence-electron chi connectivity index (χ1n) is 6.30. The van der Waals surface area contributed by atoms with E-state index in [1.165, 1.54) is 12.1 Å². The standard InChI is InChI=1S/C14H16F3NO/c1-9(2)18(12-6-7-12)13(19)10-4-3-5-11(8-10)14(15,16)17/h3-5,8-9,12H,6-7H2,1-2H3. The summed E-state index contributed by atoms with van der Waals surface area (Å²) in [7, 11) is 0. The van der Waals surface area contributed by atoms with Gasteiger partial charge < -0.3 is 4.90 Å². The van der Waals surface area contributed by atoms with E-state index < -0.39 is 11.7 Å². The van der Waals surface area contributed by atoms with Gasteiger partial charge in [-0.15, -0.1) is 0 Å².